The van der Waals surface area contributed by atoms with Crippen molar-refractivity contribution in [1.82, 2.24) is 9.97 Å². The molecule has 1 heterocycles. The van der Waals surface area contributed by atoms with Gasteiger partial charge in [-0.2, -0.15) is 0 Å². The number of aryl methyl sites for hydroxylation is 1. The zero-order chi connectivity index (χ0) is 14.4. The molecule has 1 aromatic heterocycles. The maximum atomic E-state index is 11.3. The second-order valence-electron chi connectivity index (χ2n) is 5.04. The molecule has 122 valence electrons. The summed E-state index contributed by atoms with van der Waals surface area (Å²) in [6, 6.07) is 7.77. The fourth-order valence-corrected chi connectivity index (χ4v) is 2.34. The Balaban J connectivity index is 0.00000220. The molecule has 1 aromatic carbocycles. The molecule has 22 heavy (non-hydrogen) atoms. The van der Waals surface area contributed by atoms with Gasteiger partial charge in [-0.1, -0.05) is 50.8 Å². The molecule has 0 unspecified atom stereocenters. The lowest BCUT2D eigenvalue weighted by Crippen LogP contribution is -2.16. The number of primary amides is 1. The van der Waals surface area contributed by atoms with Crippen molar-refractivity contribution in [3.05, 3.63) is 35.8 Å². The van der Waals surface area contributed by atoms with Crippen LogP contribution in [-0.4, -0.2) is 15.9 Å². The average Bonchev–Trinajstić information content (AvgIpc) is 2.46. The number of hydrogen-bond acceptors (Lipinski definition) is 3. The van der Waals surface area contributed by atoms with Crippen LogP contribution in [0.4, 0.5) is 0 Å². The van der Waals surface area contributed by atoms with E-state index in [1.807, 2.05) is 24.3 Å². The second kappa shape index (κ2) is 10.4. The van der Waals surface area contributed by atoms with Gasteiger partial charge in [-0.05, 0) is 18.9 Å². The molecule has 0 aliphatic carbocycles. The molecule has 0 fully saturated rings. The second-order valence-corrected chi connectivity index (χ2v) is 5.04. The fourth-order valence-electron chi connectivity index (χ4n) is 2.34. The van der Waals surface area contributed by atoms with E-state index in [0.29, 0.717) is 0 Å². The molecule has 0 saturated heterocycles. The summed E-state index contributed by atoms with van der Waals surface area (Å²) >= 11 is 0. The van der Waals surface area contributed by atoms with Crippen LogP contribution < -0.4 is 5.73 Å². The van der Waals surface area contributed by atoms with Crippen molar-refractivity contribution in [2.75, 3.05) is 0 Å². The summed E-state index contributed by atoms with van der Waals surface area (Å²) in [7, 11) is 0. The number of rotatable bonds is 7. The lowest BCUT2D eigenvalue weighted by molar-refractivity contribution is 0.0990. The van der Waals surface area contributed by atoms with Crippen molar-refractivity contribution < 1.29 is 4.79 Å². The Morgan fingerprint density at radius 2 is 1.73 bits per heavy atom. The number of fused-ring (bicyclic) bond motifs is 1. The van der Waals surface area contributed by atoms with Crippen LogP contribution in [0.2, 0.25) is 0 Å². The summed E-state index contributed by atoms with van der Waals surface area (Å²) in [5, 5.41) is 1.02. The van der Waals surface area contributed by atoms with Crippen LogP contribution in [0, 0.1) is 0 Å². The van der Waals surface area contributed by atoms with Gasteiger partial charge in [-0.15, -0.1) is 24.8 Å². The van der Waals surface area contributed by atoms with Gasteiger partial charge >= 0.3 is 0 Å². The van der Waals surface area contributed by atoms with Crippen LogP contribution in [-0.2, 0) is 6.42 Å². The monoisotopic (exact) mass is 343 g/mol. The summed E-state index contributed by atoms with van der Waals surface area (Å²) in [6.45, 7) is 2.21. The summed E-state index contributed by atoms with van der Waals surface area (Å²) in [5.41, 5.74) is 7.03. The van der Waals surface area contributed by atoms with Gasteiger partial charge in [0.2, 0.25) is 5.82 Å². The van der Waals surface area contributed by atoms with E-state index < -0.39 is 5.91 Å². The molecule has 2 N–H and O–H groups in total. The highest BCUT2D eigenvalue weighted by molar-refractivity contribution is 5.92. The van der Waals surface area contributed by atoms with Crippen molar-refractivity contribution >= 4 is 41.6 Å². The Bertz CT molecular complexity index is 605. The molecule has 2 rings (SSSR count). The van der Waals surface area contributed by atoms with Gasteiger partial charge in [0.1, 0.15) is 0 Å². The molecular formula is C16H23Cl2N3O. The number of halogens is 2. The van der Waals surface area contributed by atoms with Crippen molar-refractivity contribution in [1.29, 1.82) is 0 Å². The van der Waals surface area contributed by atoms with Crippen LogP contribution in [0.15, 0.2) is 24.3 Å². The number of nitrogens with two attached hydrogens (primary N) is 1. The number of hydrogen-bond donors (Lipinski definition) is 1. The number of benzene rings is 1. The first kappa shape index (κ1) is 20.6. The Morgan fingerprint density at radius 3 is 2.41 bits per heavy atom. The van der Waals surface area contributed by atoms with E-state index in [0.717, 1.165) is 29.4 Å². The van der Waals surface area contributed by atoms with Crippen molar-refractivity contribution in [2.24, 2.45) is 5.73 Å². The van der Waals surface area contributed by atoms with E-state index in [1.165, 1.54) is 25.7 Å². The third kappa shape index (κ3) is 5.43. The first-order valence-electron chi connectivity index (χ1n) is 7.28. The average molecular weight is 344 g/mol. The van der Waals surface area contributed by atoms with Gasteiger partial charge in [0.25, 0.3) is 5.91 Å². The van der Waals surface area contributed by atoms with Crippen LogP contribution in [0.25, 0.3) is 10.9 Å². The third-order valence-electron chi connectivity index (χ3n) is 3.42. The van der Waals surface area contributed by atoms with Crippen LogP contribution in [0.5, 0.6) is 0 Å². The Hall–Kier alpha value is -1.39. The summed E-state index contributed by atoms with van der Waals surface area (Å²) in [4.78, 5) is 19.8. The topological polar surface area (TPSA) is 68.9 Å². The number of unbranched alkanes of at least 4 members (excludes halogenated alkanes) is 4. The smallest absolute Gasteiger partial charge is 0.286 e. The standard InChI is InChI=1S/C16H21N3O.2ClH/c1-2-3-4-5-6-10-13-12-9-7-8-11-14(12)19-16(18-13)15(17)20;;/h7-9,11H,2-6,10H2,1H3,(H2,17,20);2*1H. The van der Waals surface area contributed by atoms with Crippen molar-refractivity contribution in [3.63, 3.8) is 0 Å². The normalized spacial score (nSPS) is 9.86. The maximum Gasteiger partial charge on any atom is 0.286 e. The quantitative estimate of drug-likeness (QED) is 0.769. The SMILES string of the molecule is CCCCCCCc1nc(C(N)=O)nc2ccccc12.Cl.Cl. The minimum atomic E-state index is -0.567. The number of carbonyl (C=O) groups excluding carboxylic acids is 1. The van der Waals surface area contributed by atoms with E-state index in [4.69, 9.17) is 5.73 Å². The lowest BCUT2D eigenvalue weighted by atomic mass is 10.1. The Morgan fingerprint density at radius 1 is 1.05 bits per heavy atom. The van der Waals surface area contributed by atoms with Gasteiger partial charge in [-0.3, -0.25) is 4.79 Å². The number of nitrogens with zero attached hydrogens (tertiary/aromatic N) is 2. The lowest BCUT2D eigenvalue weighted by Gasteiger charge is -2.07. The number of aromatic nitrogens is 2. The maximum absolute atomic E-state index is 11.3. The van der Waals surface area contributed by atoms with Gasteiger partial charge in [0.05, 0.1) is 11.2 Å². The van der Waals surface area contributed by atoms with E-state index in [1.54, 1.807) is 0 Å². The minimum absolute atomic E-state index is 0. The highest BCUT2D eigenvalue weighted by Gasteiger charge is 2.10. The molecule has 0 aliphatic rings. The van der Waals surface area contributed by atoms with Gasteiger partial charge in [-0.25, -0.2) is 9.97 Å². The largest absolute Gasteiger partial charge is 0.363 e. The molecule has 0 saturated carbocycles. The van der Waals surface area contributed by atoms with E-state index in [2.05, 4.69) is 16.9 Å². The van der Waals surface area contributed by atoms with Crippen molar-refractivity contribution in [2.45, 2.75) is 45.4 Å². The van der Waals surface area contributed by atoms with E-state index in [9.17, 15) is 4.79 Å². The van der Waals surface area contributed by atoms with Crippen LogP contribution in [0.1, 0.15) is 55.3 Å². The van der Waals surface area contributed by atoms with Gasteiger partial charge in [0, 0.05) is 5.39 Å². The van der Waals surface area contributed by atoms with E-state index >= 15 is 0 Å². The fraction of sp³-hybridized carbons (Fsp3) is 0.438. The summed E-state index contributed by atoms with van der Waals surface area (Å²) in [6.07, 6.45) is 6.91. The molecule has 0 spiro atoms. The van der Waals surface area contributed by atoms with Crippen molar-refractivity contribution in [3.8, 4) is 0 Å². The molecular weight excluding hydrogens is 321 g/mol. The zero-order valence-corrected chi connectivity index (χ0v) is 14.4. The van der Waals surface area contributed by atoms with E-state index in [-0.39, 0.29) is 30.6 Å². The molecule has 0 bridgehead atoms. The predicted molar refractivity (Wildman–Crippen MR) is 95.0 cm³/mol. The zero-order valence-electron chi connectivity index (χ0n) is 12.7. The van der Waals surface area contributed by atoms with Crippen LogP contribution >= 0.6 is 24.8 Å². The first-order chi connectivity index (χ1) is 9.72. The molecule has 0 radical (unpaired) electrons. The Labute approximate surface area is 143 Å². The molecule has 4 nitrogen and oxygen atoms in total. The molecule has 2 aromatic rings. The molecule has 1 amide bonds. The molecule has 0 atom stereocenters. The summed E-state index contributed by atoms with van der Waals surface area (Å²) in [5.74, 6) is -0.449. The number of carbonyl (C=O) groups is 1. The molecule has 6 heteroatoms. The first-order valence-corrected chi connectivity index (χ1v) is 7.28. The highest BCUT2D eigenvalue weighted by atomic mass is 35.5. The number of para-hydroxylation sites is 1. The Kier molecular flexibility index (Phi) is 9.70. The highest BCUT2D eigenvalue weighted by Crippen LogP contribution is 2.18. The number of amides is 1. The summed E-state index contributed by atoms with van der Waals surface area (Å²) < 4.78 is 0. The molecule has 0 aliphatic heterocycles. The predicted octanol–water partition coefficient (Wildman–Crippen LogP) is 4.09. The van der Waals surface area contributed by atoms with Gasteiger partial charge in [0.15, 0.2) is 0 Å². The third-order valence-corrected chi connectivity index (χ3v) is 3.42. The van der Waals surface area contributed by atoms with Crippen LogP contribution in [0.3, 0.4) is 0 Å². The minimum Gasteiger partial charge on any atom is -0.363 e. The van der Waals surface area contributed by atoms with Gasteiger partial charge < -0.3 is 5.73 Å².